The van der Waals surface area contributed by atoms with E-state index in [1.807, 2.05) is 4.90 Å². The van der Waals surface area contributed by atoms with Gasteiger partial charge in [0.1, 0.15) is 5.82 Å². The van der Waals surface area contributed by atoms with E-state index in [0.29, 0.717) is 5.92 Å². The zero-order valence-corrected chi connectivity index (χ0v) is 10.9. The van der Waals surface area contributed by atoms with E-state index < -0.39 is 5.97 Å². The molecule has 2 aliphatic rings. The summed E-state index contributed by atoms with van der Waals surface area (Å²) in [5.41, 5.74) is 0. The molecule has 18 heavy (non-hydrogen) atoms. The van der Waals surface area contributed by atoms with Gasteiger partial charge in [0.05, 0.1) is 6.54 Å². The molecule has 7 heteroatoms. The van der Waals surface area contributed by atoms with Gasteiger partial charge < -0.3 is 10.0 Å². The largest absolute Gasteiger partial charge is 0.480 e. The average molecular weight is 268 g/mol. The summed E-state index contributed by atoms with van der Waals surface area (Å²) in [6.07, 6.45) is 2.45. The lowest BCUT2D eigenvalue weighted by Gasteiger charge is -2.33. The minimum atomic E-state index is -0.754. The van der Waals surface area contributed by atoms with Gasteiger partial charge in [-0.15, -0.1) is 0 Å². The molecule has 1 aromatic heterocycles. The minimum Gasteiger partial charge on any atom is -0.480 e. The molecule has 0 unspecified atom stereocenters. The summed E-state index contributed by atoms with van der Waals surface area (Å²) in [6, 6.07) is 0. The van der Waals surface area contributed by atoms with E-state index >= 15 is 0 Å². The number of anilines is 1. The lowest BCUT2D eigenvalue weighted by molar-refractivity contribution is -0.138. The highest BCUT2D eigenvalue weighted by Crippen LogP contribution is 2.39. The summed E-state index contributed by atoms with van der Waals surface area (Å²) < 4.78 is 4.40. The predicted octanol–water partition coefficient (Wildman–Crippen LogP) is 0.622. The number of carboxylic acid groups (broad SMARTS) is 1. The Labute approximate surface area is 109 Å². The molecule has 1 saturated heterocycles. The molecule has 6 nitrogen and oxygen atoms in total. The van der Waals surface area contributed by atoms with Crippen LogP contribution in [0.3, 0.4) is 0 Å². The summed E-state index contributed by atoms with van der Waals surface area (Å²) in [4.78, 5) is 19.4. The molecule has 3 rings (SSSR count). The topological polar surface area (TPSA) is 69.6 Å². The van der Waals surface area contributed by atoms with E-state index in [1.165, 1.54) is 24.4 Å². The monoisotopic (exact) mass is 268 g/mol. The molecule has 0 aromatic carbocycles. The molecule has 1 aliphatic heterocycles. The van der Waals surface area contributed by atoms with Crippen molar-refractivity contribution in [3.05, 3.63) is 5.82 Å². The number of nitrogens with zero attached hydrogens (tertiary/aromatic N) is 4. The first-order valence-electron chi connectivity index (χ1n) is 6.25. The molecule has 1 saturated carbocycles. The lowest BCUT2D eigenvalue weighted by Crippen LogP contribution is -2.47. The number of aromatic nitrogens is 2. The molecule has 2 fully saturated rings. The molecule has 2 heterocycles. The maximum absolute atomic E-state index is 10.6. The van der Waals surface area contributed by atoms with Crippen molar-refractivity contribution >= 4 is 22.6 Å². The Hall–Kier alpha value is -1.21. The highest BCUT2D eigenvalue weighted by Gasteiger charge is 2.29. The van der Waals surface area contributed by atoms with E-state index in [4.69, 9.17) is 5.11 Å². The van der Waals surface area contributed by atoms with Crippen LogP contribution in [0.1, 0.15) is 24.6 Å². The number of carbonyl (C=O) groups is 1. The van der Waals surface area contributed by atoms with Crippen molar-refractivity contribution < 1.29 is 9.90 Å². The van der Waals surface area contributed by atoms with E-state index in [2.05, 4.69) is 14.3 Å². The Morgan fingerprint density at radius 3 is 2.67 bits per heavy atom. The van der Waals surface area contributed by atoms with Crippen molar-refractivity contribution in [1.29, 1.82) is 0 Å². The molecule has 0 spiro atoms. The van der Waals surface area contributed by atoms with Crippen molar-refractivity contribution in [1.82, 2.24) is 14.3 Å². The van der Waals surface area contributed by atoms with Crippen LogP contribution in [-0.4, -0.2) is 58.1 Å². The van der Waals surface area contributed by atoms with Crippen LogP contribution in [0.15, 0.2) is 0 Å². The molecule has 1 N–H and O–H groups in total. The average Bonchev–Trinajstić information content (AvgIpc) is 3.08. The van der Waals surface area contributed by atoms with Crippen molar-refractivity contribution in [2.75, 3.05) is 37.6 Å². The van der Waals surface area contributed by atoms with Crippen molar-refractivity contribution in [3.8, 4) is 0 Å². The number of rotatable bonds is 4. The van der Waals surface area contributed by atoms with Crippen LogP contribution in [0, 0.1) is 0 Å². The van der Waals surface area contributed by atoms with Gasteiger partial charge in [-0.2, -0.15) is 4.37 Å². The third-order valence-corrected chi connectivity index (χ3v) is 4.17. The number of carboxylic acids is 1. The standard InChI is InChI=1S/C11H16N4O2S/c16-9(17)7-14-3-5-15(6-4-14)11-12-10(13-18-11)8-1-2-8/h8H,1-7H2,(H,16,17). The molecule has 0 atom stereocenters. The van der Waals surface area contributed by atoms with E-state index in [1.54, 1.807) is 0 Å². The van der Waals surface area contributed by atoms with Crippen LogP contribution in [0.25, 0.3) is 0 Å². The smallest absolute Gasteiger partial charge is 0.317 e. The van der Waals surface area contributed by atoms with E-state index in [0.717, 1.165) is 37.1 Å². The predicted molar refractivity (Wildman–Crippen MR) is 68.2 cm³/mol. The van der Waals surface area contributed by atoms with Gasteiger partial charge >= 0.3 is 5.97 Å². The molecule has 1 aromatic rings. The van der Waals surface area contributed by atoms with Gasteiger partial charge in [-0.1, -0.05) is 0 Å². The fourth-order valence-corrected chi connectivity index (χ4v) is 2.95. The number of aliphatic carboxylic acids is 1. The van der Waals surface area contributed by atoms with Crippen LogP contribution < -0.4 is 4.90 Å². The second-order valence-corrected chi connectivity index (χ2v) is 5.60. The Kier molecular flexibility index (Phi) is 3.17. The van der Waals surface area contributed by atoms with Crippen molar-refractivity contribution in [2.45, 2.75) is 18.8 Å². The maximum atomic E-state index is 10.6. The molecular weight excluding hydrogens is 252 g/mol. The second kappa shape index (κ2) is 4.81. The van der Waals surface area contributed by atoms with E-state index in [9.17, 15) is 4.79 Å². The number of piperazine rings is 1. The van der Waals surface area contributed by atoms with Gasteiger partial charge in [-0.05, 0) is 12.8 Å². The third-order valence-electron chi connectivity index (χ3n) is 3.38. The summed E-state index contributed by atoms with van der Waals surface area (Å²) >= 11 is 1.47. The second-order valence-electron chi connectivity index (χ2n) is 4.87. The van der Waals surface area contributed by atoms with Gasteiger partial charge in [0, 0.05) is 43.6 Å². The Balaban J connectivity index is 1.56. The minimum absolute atomic E-state index is 0.136. The molecule has 0 radical (unpaired) electrons. The van der Waals surface area contributed by atoms with Crippen molar-refractivity contribution in [2.24, 2.45) is 0 Å². The summed E-state index contributed by atoms with van der Waals surface area (Å²) in [6.45, 7) is 3.38. The summed E-state index contributed by atoms with van der Waals surface area (Å²) in [5.74, 6) is 0.849. The van der Waals surface area contributed by atoms with Crippen LogP contribution in [0.4, 0.5) is 5.13 Å². The first kappa shape index (κ1) is 11.9. The summed E-state index contributed by atoms with van der Waals surface area (Å²) in [5, 5.41) is 9.74. The Bertz CT molecular complexity index is 438. The summed E-state index contributed by atoms with van der Waals surface area (Å²) in [7, 11) is 0. The van der Waals surface area contributed by atoms with Gasteiger partial charge in [-0.25, -0.2) is 4.98 Å². The Morgan fingerprint density at radius 1 is 1.33 bits per heavy atom. The molecular formula is C11H16N4O2S. The van der Waals surface area contributed by atoms with Crippen molar-refractivity contribution in [3.63, 3.8) is 0 Å². The van der Waals surface area contributed by atoms with Crippen LogP contribution in [-0.2, 0) is 4.79 Å². The normalized spacial score (nSPS) is 21.2. The van der Waals surface area contributed by atoms with Gasteiger partial charge in [0.2, 0.25) is 5.13 Å². The fourth-order valence-electron chi connectivity index (χ4n) is 2.15. The fraction of sp³-hybridized carbons (Fsp3) is 0.727. The van der Waals surface area contributed by atoms with Crippen LogP contribution >= 0.6 is 11.5 Å². The first-order valence-corrected chi connectivity index (χ1v) is 7.02. The highest BCUT2D eigenvalue weighted by molar-refractivity contribution is 7.09. The van der Waals surface area contributed by atoms with Crippen LogP contribution in [0.5, 0.6) is 0 Å². The maximum Gasteiger partial charge on any atom is 0.317 e. The van der Waals surface area contributed by atoms with Gasteiger partial charge in [-0.3, -0.25) is 9.69 Å². The van der Waals surface area contributed by atoms with Crippen LogP contribution in [0.2, 0.25) is 0 Å². The van der Waals surface area contributed by atoms with Gasteiger partial charge in [0.25, 0.3) is 0 Å². The highest BCUT2D eigenvalue weighted by atomic mass is 32.1. The lowest BCUT2D eigenvalue weighted by atomic mass is 10.3. The number of hydrogen-bond donors (Lipinski definition) is 1. The quantitative estimate of drug-likeness (QED) is 0.863. The zero-order chi connectivity index (χ0) is 12.5. The van der Waals surface area contributed by atoms with Gasteiger partial charge in [0.15, 0.2) is 0 Å². The third kappa shape index (κ3) is 2.62. The zero-order valence-electron chi connectivity index (χ0n) is 10.1. The first-order chi connectivity index (χ1) is 8.72. The molecule has 1 aliphatic carbocycles. The molecule has 98 valence electrons. The molecule has 0 amide bonds. The Morgan fingerprint density at radius 2 is 2.06 bits per heavy atom. The number of hydrogen-bond acceptors (Lipinski definition) is 6. The van der Waals surface area contributed by atoms with E-state index in [-0.39, 0.29) is 6.54 Å². The SMILES string of the molecule is O=C(O)CN1CCN(c2nc(C3CC3)ns2)CC1. The molecule has 0 bridgehead atoms.